The van der Waals surface area contributed by atoms with Crippen molar-refractivity contribution < 1.29 is 29.6 Å². The molecule has 5 atom stereocenters. The summed E-state index contributed by atoms with van der Waals surface area (Å²) < 4.78 is 10.8. The van der Waals surface area contributed by atoms with Crippen molar-refractivity contribution >= 4 is 6.03 Å². The summed E-state index contributed by atoms with van der Waals surface area (Å²) in [6, 6.07) is -1.98. The molecule has 1 aliphatic rings. The number of unbranched alkanes of at least 4 members (excludes halogenated alkanes) is 1. The van der Waals surface area contributed by atoms with E-state index in [4.69, 9.17) is 14.6 Å². The predicted molar refractivity (Wildman–Crippen MR) is 74.5 cm³/mol. The summed E-state index contributed by atoms with van der Waals surface area (Å²) in [4.78, 5) is 22.0. The van der Waals surface area contributed by atoms with Crippen molar-refractivity contribution in [3.8, 4) is 0 Å². The van der Waals surface area contributed by atoms with Crippen LogP contribution in [0.15, 0.2) is 5.29 Å². The fourth-order valence-corrected chi connectivity index (χ4v) is 2.00. The van der Waals surface area contributed by atoms with Crippen LogP contribution in [0, 0.1) is 4.91 Å². The number of urea groups is 1. The zero-order chi connectivity index (χ0) is 16.7. The minimum absolute atomic E-state index is 0.316. The number of nitroso groups, excluding NO2 is 1. The molecule has 0 spiro atoms. The molecule has 0 saturated carbocycles. The van der Waals surface area contributed by atoms with Crippen LogP contribution in [0.3, 0.4) is 0 Å². The van der Waals surface area contributed by atoms with Gasteiger partial charge in [-0.3, -0.25) is 0 Å². The first-order valence-corrected chi connectivity index (χ1v) is 7.07. The van der Waals surface area contributed by atoms with E-state index < -0.39 is 43.3 Å². The van der Waals surface area contributed by atoms with E-state index in [1.165, 1.54) is 0 Å². The second-order valence-corrected chi connectivity index (χ2v) is 5.01. The summed E-state index contributed by atoms with van der Waals surface area (Å²) in [6.45, 7) is 1.77. The second kappa shape index (κ2) is 8.96. The molecule has 0 aromatic heterocycles. The van der Waals surface area contributed by atoms with Gasteiger partial charge in [0.1, 0.15) is 24.4 Å². The summed E-state index contributed by atoms with van der Waals surface area (Å²) in [7, 11) is 1.14. The average molecular weight is 321 g/mol. The molecular formula is C12H23N3O7. The van der Waals surface area contributed by atoms with Gasteiger partial charge >= 0.3 is 6.03 Å². The highest BCUT2D eigenvalue weighted by atomic mass is 16.7. The van der Waals surface area contributed by atoms with Crippen molar-refractivity contribution in [3.63, 3.8) is 0 Å². The molecule has 1 aliphatic heterocycles. The van der Waals surface area contributed by atoms with Gasteiger partial charge in [0, 0.05) is 13.7 Å². The SMILES string of the molecule is CCCCO[C@@H]1O[C@H](CO)[C@@H](O)[C@H](O)[C@H]1NC(=O)N(C)N=O. The number of nitrogens with one attached hydrogen (secondary N) is 1. The topological polar surface area (TPSA) is 141 Å². The molecule has 0 unspecified atom stereocenters. The van der Waals surface area contributed by atoms with E-state index in [9.17, 15) is 19.9 Å². The van der Waals surface area contributed by atoms with Crippen LogP contribution < -0.4 is 5.32 Å². The Hall–Kier alpha value is -1.33. The summed E-state index contributed by atoms with van der Waals surface area (Å²) in [5, 5.41) is 34.4. The number of ether oxygens (including phenoxy) is 2. The van der Waals surface area contributed by atoms with E-state index >= 15 is 0 Å². The highest BCUT2D eigenvalue weighted by molar-refractivity contribution is 5.73. The first-order chi connectivity index (χ1) is 10.5. The summed E-state index contributed by atoms with van der Waals surface area (Å²) in [6.07, 6.45) is -3.32. The lowest BCUT2D eigenvalue weighted by molar-refractivity contribution is -0.269. The number of amides is 2. The maximum absolute atomic E-state index is 11.7. The van der Waals surface area contributed by atoms with Crippen LogP contribution in [0.4, 0.5) is 4.79 Å². The fraction of sp³-hybridized carbons (Fsp3) is 0.917. The molecule has 10 nitrogen and oxygen atoms in total. The molecule has 1 heterocycles. The van der Waals surface area contributed by atoms with Gasteiger partial charge in [0.25, 0.3) is 0 Å². The Bertz CT molecular complexity index is 371. The number of rotatable bonds is 7. The van der Waals surface area contributed by atoms with Gasteiger partial charge in [0.2, 0.25) is 0 Å². The third-order valence-electron chi connectivity index (χ3n) is 3.37. The summed E-state index contributed by atoms with van der Waals surface area (Å²) in [5.74, 6) is 0. The standard InChI is InChI=1S/C12H23N3O7/c1-3-4-5-21-11-8(13-12(19)15(2)14-20)10(18)9(17)7(6-16)22-11/h7-11,16-18H,3-6H2,1-2H3,(H,13,19)/t7-,8-,9-,10-,11-/m1/s1. The first-order valence-electron chi connectivity index (χ1n) is 7.07. The molecule has 128 valence electrons. The zero-order valence-corrected chi connectivity index (χ0v) is 12.6. The van der Waals surface area contributed by atoms with Crippen molar-refractivity contribution in [1.82, 2.24) is 10.3 Å². The molecule has 0 radical (unpaired) electrons. The summed E-state index contributed by atoms with van der Waals surface area (Å²) >= 11 is 0. The molecule has 4 N–H and O–H groups in total. The Morgan fingerprint density at radius 2 is 2.09 bits per heavy atom. The molecule has 22 heavy (non-hydrogen) atoms. The van der Waals surface area contributed by atoms with E-state index in [2.05, 4.69) is 10.6 Å². The number of nitrogens with zero attached hydrogens (tertiary/aromatic N) is 2. The van der Waals surface area contributed by atoms with Crippen LogP contribution >= 0.6 is 0 Å². The Morgan fingerprint density at radius 1 is 1.41 bits per heavy atom. The van der Waals surface area contributed by atoms with Gasteiger partial charge < -0.3 is 30.1 Å². The van der Waals surface area contributed by atoms with Crippen molar-refractivity contribution in [2.45, 2.75) is 50.4 Å². The molecule has 10 heteroatoms. The van der Waals surface area contributed by atoms with Crippen molar-refractivity contribution in [1.29, 1.82) is 0 Å². The van der Waals surface area contributed by atoms with Crippen LogP contribution in [0.5, 0.6) is 0 Å². The van der Waals surface area contributed by atoms with Gasteiger partial charge in [-0.2, -0.15) is 5.01 Å². The smallest absolute Gasteiger partial charge is 0.340 e. The Labute approximate surface area is 127 Å². The van der Waals surface area contributed by atoms with Gasteiger partial charge in [0.05, 0.1) is 11.9 Å². The number of carbonyl (C=O) groups excluding carboxylic acids is 1. The highest BCUT2D eigenvalue weighted by Gasteiger charge is 2.45. The third kappa shape index (κ3) is 4.58. The molecule has 0 aromatic rings. The number of carbonyl (C=O) groups is 1. The second-order valence-electron chi connectivity index (χ2n) is 5.01. The number of hydrogen-bond donors (Lipinski definition) is 4. The number of hydrogen-bond acceptors (Lipinski definition) is 8. The zero-order valence-electron chi connectivity index (χ0n) is 12.6. The number of aliphatic hydroxyl groups is 3. The normalized spacial score (nSPS) is 31.6. The van der Waals surface area contributed by atoms with Crippen molar-refractivity contribution in [2.24, 2.45) is 5.29 Å². The number of aliphatic hydroxyl groups excluding tert-OH is 3. The largest absolute Gasteiger partial charge is 0.394 e. The maximum Gasteiger partial charge on any atom is 0.340 e. The Kier molecular flexibility index (Phi) is 7.62. The Morgan fingerprint density at radius 3 is 2.64 bits per heavy atom. The van der Waals surface area contributed by atoms with E-state index in [0.29, 0.717) is 11.6 Å². The molecule has 2 amide bonds. The highest BCUT2D eigenvalue weighted by Crippen LogP contribution is 2.22. The molecule has 1 saturated heterocycles. The van der Waals surface area contributed by atoms with E-state index in [-0.39, 0.29) is 0 Å². The van der Waals surface area contributed by atoms with Gasteiger partial charge in [0.15, 0.2) is 6.29 Å². The van der Waals surface area contributed by atoms with E-state index in [1.54, 1.807) is 0 Å². The third-order valence-corrected chi connectivity index (χ3v) is 3.37. The van der Waals surface area contributed by atoms with Gasteiger partial charge in [-0.15, -0.1) is 4.91 Å². The van der Waals surface area contributed by atoms with Gasteiger partial charge in [-0.1, -0.05) is 13.3 Å². The molecule has 0 aliphatic carbocycles. The first kappa shape index (κ1) is 18.7. The molecule has 0 bridgehead atoms. The average Bonchev–Trinajstić information content (AvgIpc) is 2.52. The van der Waals surface area contributed by atoms with Crippen LogP contribution in [0.2, 0.25) is 0 Å². The minimum atomic E-state index is -1.43. The lowest BCUT2D eigenvalue weighted by atomic mass is 9.97. The van der Waals surface area contributed by atoms with E-state index in [0.717, 1.165) is 19.9 Å². The minimum Gasteiger partial charge on any atom is -0.394 e. The Balaban J connectivity index is 2.80. The van der Waals surface area contributed by atoms with Crippen LogP contribution in [-0.2, 0) is 9.47 Å². The van der Waals surface area contributed by atoms with Gasteiger partial charge in [-0.25, -0.2) is 4.79 Å². The summed E-state index contributed by atoms with van der Waals surface area (Å²) in [5.41, 5.74) is 0. The quantitative estimate of drug-likeness (QED) is 0.266. The fourth-order valence-electron chi connectivity index (χ4n) is 2.00. The van der Waals surface area contributed by atoms with Crippen molar-refractivity contribution in [2.75, 3.05) is 20.3 Å². The van der Waals surface area contributed by atoms with Crippen LogP contribution in [0.25, 0.3) is 0 Å². The predicted octanol–water partition coefficient (Wildman–Crippen LogP) is -1.07. The van der Waals surface area contributed by atoms with Crippen LogP contribution in [0.1, 0.15) is 19.8 Å². The lowest BCUT2D eigenvalue weighted by Gasteiger charge is -2.42. The van der Waals surface area contributed by atoms with Crippen LogP contribution in [-0.4, -0.2) is 77.3 Å². The van der Waals surface area contributed by atoms with E-state index in [1.807, 2.05) is 6.92 Å². The van der Waals surface area contributed by atoms with Crippen molar-refractivity contribution in [3.05, 3.63) is 4.91 Å². The molecule has 0 aromatic carbocycles. The monoisotopic (exact) mass is 321 g/mol. The maximum atomic E-state index is 11.7. The molecule has 1 fully saturated rings. The molecular weight excluding hydrogens is 298 g/mol. The van der Waals surface area contributed by atoms with Gasteiger partial charge in [-0.05, 0) is 6.42 Å². The lowest BCUT2D eigenvalue weighted by Crippen LogP contribution is -2.65. The molecule has 1 rings (SSSR count).